The van der Waals surface area contributed by atoms with Crippen LogP contribution in [0.15, 0.2) is 303 Å². The van der Waals surface area contributed by atoms with Gasteiger partial charge < -0.3 is 19.6 Å². The van der Waals surface area contributed by atoms with E-state index in [4.69, 9.17) is 0 Å². The Morgan fingerprint density at radius 3 is 1.04 bits per heavy atom. The number of para-hydroxylation sites is 3. The Balaban J connectivity index is 0.815. The number of benzene rings is 13. The zero-order valence-corrected chi connectivity index (χ0v) is 47.7. The molecule has 0 fully saturated rings. The van der Waals surface area contributed by atoms with Crippen molar-refractivity contribution in [3.8, 4) is 22.3 Å². The lowest BCUT2D eigenvalue weighted by Gasteiger charge is -2.43. The minimum atomic E-state index is -0.335. The highest BCUT2D eigenvalue weighted by atomic mass is 15.2. The first kappa shape index (κ1) is 50.5. The van der Waals surface area contributed by atoms with Gasteiger partial charge >= 0.3 is 0 Å². The molecule has 84 heavy (non-hydrogen) atoms. The second kappa shape index (κ2) is 20.2. The van der Waals surface area contributed by atoms with E-state index in [1.54, 1.807) is 0 Å². The van der Waals surface area contributed by atoms with Crippen LogP contribution in [0.1, 0.15) is 49.9 Å². The normalized spacial score (nSPS) is 13.6. The molecule has 0 aromatic heterocycles. The molecule has 13 aromatic carbocycles. The molecule has 0 bridgehead atoms. The molecule has 0 atom stereocenters. The Bertz CT molecular complexity index is 4610. The summed E-state index contributed by atoms with van der Waals surface area (Å²) < 4.78 is 0. The molecule has 2 heterocycles. The van der Waals surface area contributed by atoms with Crippen LogP contribution in [-0.4, -0.2) is 0 Å². The smallest absolute Gasteiger partial charge is 0.0504 e. The van der Waals surface area contributed by atoms with E-state index >= 15 is 0 Å². The zero-order valence-electron chi connectivity index (χ0n) is 47.7. The van der Waals surface area contributed by atoms with E-state index < -0.39 is 0 Å². The zero-order chi connectivity index (χ0) is 56.5. The van der Waals surface area contributed by atoms with Crippen molar-refractivity contribution in [2.75, 3.05) is 19.6 Å². The van der Waals surface area contributed by atoms with Gasteiger partial charge in [-0.1, -0.05) is 204 Å². The summed E-state index contributed by atoms with van der Waals surface area (Å²) >= 11 is 0. The van der Waals surface area contributed by atoms with Gasteiger partial charge in [0.1, 0.15) is 0 Å². The van der Waals surface area contributed by atoms with Gasteiger partial charge in [0, 0.05) is 56.3 Å². The molecule has 0 aliphatic carbocycles. The molecule has 13 aromatic rings. The lowest BCUT2D eigenvalue weighted by Crippen LogP contribution is -2.31. The molecule has 0 saturated heterocycles. The van der Waals surface area contributed by atoms with E-state index in [-0.39, 0.29) is 10.8 Å². The van der Waals surface area contributed by atoms with Crippen LogP contribution in [0.4, 0.5) is 68.2 Å². The van der Waals surface area contributed by atoms with Crippen LogP contribution in [0.25, 0.3) is 43.8 Å². The van der Waals surface area contributed by atoms with E-state index in [2.05, 4.69) is 351 Å². The van der Waals surface area contributed by atoms with Crippen molar-refractivity contribution in [1.82, 2.24) is 0 Å². The van der Waals surface area contributed by atoms with Crippen LogP contribution in [-0.2, 0) is 10.8 Å². The van der Waals surface area contributed by atoms with Crippen molar-refractivity contribution in [3.05, 3.63) is 326 Å². The summed E-state index contributed by atoms with van der Waals surface area (Å²) in [6.07, 6.45) is 0. The first-order chi connectivity index (χ1) is 41.2. The van der Waals surface area contributed by atoms with E-state index in [0.717, 1.165) is 56.6 Å². The summed E-state index contributed by atoms with van der Waals surface area (Å²) in [4.78, 5) is 9.72. The van der Waals surface area contributed by atoms with Crippen LogP contribution in [0, 0.1) is 0 Å². The Morgan fingerprint density at radius 1 is 0.226 bits per heavy atom. The van der Waals surface area contributed by atoms with Crippen molar-refractivity contribution in [3.63, 3.8) is 0 Å². The summed E-state index contributed by atoms with van der Waals surface area (Å²) in [7, 11) is 0. The molecule has 0 radical (unpaired) electrons. The Hall–Kier alpha value is -10.4. The van der Waals surface area contributed by atoms with Gasteiger partial charge in [-0.25, -0.2) is 0 Å². The highest BCUT2D eigenvalue weighted by molar-refractivity contribution is 5.95. The molecular formula is C80H62N4. The van der Waals surface area contributed by atoms with Gasteiger partial charge in [0.05, 0.1) is 22.7 Å². The molecule has 4 nitrogen and oxygen atoms in total. The third-order valence-electron chi connectivity index (χ3n) is 17.7. The van der Waals surface area contributed by atoms with Crippen molar-refractivity contribution >= 4 is 89.8 Å². The fraction of sp³-hybridized carbons (Fsp3) is 0.0750. The maximum atomic E-state index is 2.45. The van der Waals surface area contributed by atoms with E-state index in [9.17, 15) is 0 Å². The minimum absolute atomic E-state index is 0.262. The van der Waals surface area contributed by atoms with Gasteiger partial charge in [0.15, 0.2) is 0 Å². The van der Waals surface area contributed by atoms with Crippen LogP contribution >= 0.6 is 0 Å². The van der Waals surface area contributed by atoms with Gasteiger partial charge in [-0.15, -0.1) is 0 Å². The summed E-state index contributed by atoms with van der Waals surface area (Å²) in [5.41, 5.74) is 22.9. The molecular weight excluding hydrogens is 1020 g/mol. The SMILES string of the molecule is CC1(C)c2ccccc2N(c2ccccc2)c2ccc(N(c3ccc(-c4ccc(N(c5ccc6c(c5)C(C)(C)c5cc(-c7ccccc7)ccc5N6c5ccccc5)c5ccc6ccccc6c5)cc4)cc3)c3ccc4ccccc4c3)cc21. The van der Waals surface area contributed by atoms with Crippen LogP contribution in [0.3, 0.4) is 0 Å². The molecule has 0 spiro atoms. The molecule has 0 saturated carbocycles. The van der Waals surface area contributed by atoms with E-state index in [1.165, 1.54) is 77.7 Å². The number of hydrogen-bond acceptors (Lipinski definition) is 4. The number of hydrogen-bond donors (Lipinski definition) is 0. The summed E-state index contributed by atoms with van der Waals surface area (Å²) in [6, 6.07) is 112. The quantitative estimate of drug-likeness (QED) is 0.135. The van der Waals surface area contributed by atoms with Crippen molar-refractivity contribution < 1.29 is 0 Å². The fourth-order valence-electron chi connectivity index (χ4n) is 13.3. The Morgan fingerprint density at radius 2 is 0.548 bits per heavy atom. The molecule has 2 aliphatic heterocycles. The van der Waals surface area contributed by atoms with Crippen LogP contribution < -0.4 is 19.6 Å². The lowest BCUT2D eigenvalue weighted by atomic mass is 9.72. The molecule has 0 unspecified atom stereocenters. The molecule has 0 amide bonds. The summed E-state index contributed by atoms with van der Waals surface area (Å²) in [6.45, 7) is 9.51. The number of fused-ring (bicyclic) bond motifs is 6. The maximum absolute atomic E-state index is 2.45. The monoisotopic (exact) mass is 1080 g/mol. The topological polar surface area (TPSA) is 13.0 Å². The predicted molar refractivity (Wildman–Crippen MR) is 355 cm³/mol. The predicted octanol–water partition coefficient (Wildman–Crippen LogP) is 22.5. The average molecular weight is 1080 g/mol. The van der Waals surface area contributed by atoms with Crippen LogP contribution in [0.2, 0.25) is 0 Å². The third kappa shape index (κ3) is 8.60. The average Bonchev–Trinajstić information content (AvgIpc) is 1.29. The second-order valence-corrected chi connectivity index (χ2v) is 23.4. The summed E-state index contributed by atoms with van der Waals surface area (Å²) in [5, 5.41) is 4.83. The third-order valence-corrected chi connectivity index (χ3v) is 17.7. The van der Waals surface area contributed by atoms with Gasteiger partial charge in [0.25, 0.3) is 0 Å². The number of rotatable bonds is 10. The van der Waals surface area contributed by atoms with E-state index in [0.29, 0.717) is 0 Å². The van der Waals surface area contributed by atoms with Crippen molar-refractivity contribution in [2.24, 2.45) is 0 Å². The van der Waals surface area contributed by atoms with Gasteiger partial charge in [-0.05, 0) is 193 Å². The van der Waals surface area contributed by atoms with Crippen molar-refractivity contribution in [1.29, 1.82) is 0 Å². The highest BCUT2D eigenvalue weighted by Gasteiger charge is 2.39. The fourth-order valence-corrected chi connectivity index (χ4v) is 13.3. The molecule has 0 N–H and O–H groups in total. The molecule has 402 valence electrons. The highest BCUT2D eigenvalue weighted by Crippen LogP contribution is 2.56. The minimum Gasteiger partial charge on any atom is -0.310 e. The van der Waals surface area contributed by atoms with Crippen molar-refractivity contribution in [2.45, 2.75) is 38.5 Å². The molecule has 4 heteroatoms. The lowest BCUT2D eigenvalue weighted by molar-refractivity contribution is 0.632. The second-order valence-electron chi connectivity index (χ2n) is 23.4. The molecule has 2 aliphatic rings. The first-order valence-corrected chi connectivity index (χ1v) is 29.2. The van der Waals surface area contributed by atoms with Crippen LogP contribution in [0.5, 0.6) is 0 Å². The largest absolute Gasteiger partial charge is 0.310 e. The Kier molecular flexibility index (Phi) is 12.2. The maximum Gasteiger partial charge on any atom is 0.0504 e. The Labute approximate surface area is 493 Å². The number of anilines is 12. The van der Waals surface area contributed by atoms with Gasteiger partial charge in [-0.3, -0.25) is 0 Å². The summed E-state index contributed by atoms with van der Waals surface area (Å²) in [5.74, 6) is 0. The van der Waals surface area contributed by atoms with Gasteiger partial charge in [0.2, 0.25) is 0 Å². The standard InChI is InChI=1S/C80H62N4/c1-79(2)71-30-18-19-31-75(71)83(63-26-10-6-11-27-63)77-48-45-69(53-73(77)79)81(67-43-36-56-22-14-16-24-60(56)50-67)65-39-32-58(33-40-65)59-34-41-66(42-35-59)82(68-44-37-57-23-15-17-25-61(57)51-68)70-46-49-78-74(54-70)80(3,4)72-52-62(55-20-8-5-9-21-55)38-47-76(72)84(78)64-28-12-7-13-29-64/h5-54H,1-4H3. The first-order valence-electron chi connectivity index (χ1n) is 29.2. The van der Waals surface area contributed by atoms with Gasteiger partial charge in [-0.2, -0.15) is 0 Å². The molecule has 15 rings (SSSR count). The number of nitrogens with zero attached hydrogens (tertiary/aromatic N) is 4. The van der Waals surface area contributed by atoms with E-state index in [1.807, 2.05) is 0 Å².